The summed E-state index contributed by atoms with van der Waals surface area (Å²) in [6.07, 6.45) is 1.85. The highest BCUT2D eigenvalue weighted by Gasteiger charge is 2.46. The quantitative estimate of drug-likeness (QED) is 0.185. The Hall–Kier alpha value is -6.45. The van der Waals surface area contributed by atoms with Gasteiger partial charge in [-0.15, -0.1) is 10.2 Å². The molecule has 0 unspecified atom stereocenters. The maximum atomic E-state index is 4.84. The Balaban J connectivity index is 1.12. The molecule has 0 N–H and O–H groups in total. The van der Waals surface area contributed by atoms with Crippen LogP contribution in [0, 0.1) is 0 Å². The summed E-state index contributed by atoms with van der Waals surface area (Å²) >= 11 is 0. The lowest BCUT2D eigenvalue weighted by molar-refractivity contribution is 0.768. The van der Waals surface area contributed by atoms with Crippen molar-refractivity contribution in [1.29, 1.82) is 0 Å². The van der Waals surface area contributed by atoms with Crippen molar-refractivity contribution in [2.75, 3.05) is 0 Å². The molecule has 0 spiro atoms. The van der Waals surface area contributed by atoms with Crippen LogP contribution in [0.25, 0.3) is 56.0 Å². The summed E-state index contributed by atoms with van der Waals surface area (Å²) in [5.41, 5.74) is 15.1. The van der Waals surface area contributed by atoms with Gasteiger partial charge in [0.1, 0.15) is 0 Å². The van der Waals surface area contributed by atoms with E-state index in [1.165, 1.54) is 33.4 Å². The minimum absolute atomic E-state index is 0.450. The second kappa shape index (κ2) is 12.0. The summed E-state index contributed by atoms with van der Waals surface area (Å²) < 4.78 is 0. The van der Waals surface area contributed by atoms with Crippen molar-refractivity contribution in [2.45, 2.75) is 5.41 Å². The van der Waals surface area contributed by atoms with Crippen LogP contribution in [-0.2, 0) is 5.41 Å². The van der Waals surface area contributed by atoms with Crippen molar-refractivity contribution in [3.63, 3.8) is 0 Å². The molecule has 0 fully saturated rings. The van der Waals surface area contributed by atoms with E-state index in [1.54, 1.807) is 0 Å². The van der Waals surface area contributed by atoms with Gasteiger partial charge in [-0.25, -0.2) is 0 Å². The SMILES string of the molecule is c1ccc(-c2ncccc2-c2ccc(-c3ccc(-c4cccc5c4-c4ccccc4C5(c4ccccc4)c4ccccc4)nn3)cc2)cc1. The second-order valence-electron chi connectivity index (χ2n) is 12.4. The summed E-state index contributed by atoms with van der Waals surface area (Å²) in [5, 5.41) is 9.61. The molecular weight excluding hydrogens is 595 g/mol. The van der Waals surface area contributed by atoms with Gasteiger partial charge >= 0.3 is 0 Å². The average Bonchev–Trinajstić information content (AvgIpc) is 3.50. The third-order valence-electron chi connectivity index (χ3n) is 9.77. The average molecular weight is 626 g/mol. The molecule has 3 nitrogen and oxygen atoms in total. The van der Waals surface area contributed by atoms with Crippen LogP contribution in [0.5, 0.6) is 0 Å². The zero-order chi connectivity index (χ0) is 32.6. The van der Waals surface area contributed by atoms with E-state index in [-0.39, 0.29) is 0 Å². The van der Waals surface area contributed by atoms with E-state index in [0.29, 0.717) is 0 Å². The maximum Gasteiger partial charge on any atom is 0.0936 e. The summed E-state index contributed by atoms with van der Waals surface area (Å²) in [4.78, 5) is 4.70. The van der Waals surface area contributed by atoms with Crippen LogP contribution in [-0.4, -0.2) is 15.2 Å². The molecule has 1 aliphatic rings. The Kier molecular flexibility index (Phi) is 7.02. The van der Waals surface area contributed by atoms with Crippen LogP contribution in [0.15, 0.2) is 188 Å². The Labute approximate surface area is 286 Å². The summed E-state index contributed by atoms with van der Waals surface area (Å²) in [6, 6.07) is 64.3. The lowest BCUT2D eigenvalue weighted by atomic mass is 9.67. The third kappa shape index (κ3) is 4.70. The topological polar surface area (TPSA) is 38.7 Å². The highest BCUT2D eigenvalue weighted by Crippen LogP contribution is 2.58. The minimum Gasteiger partial charge on any atom is -0.256 e. The predicted molar refractivity (Wildman–Crippen MR) is 199 cm³/mol. The van der Waals surface area contributed by atoms with E-state index in [4.69, 9.17) is 15.2 Å². The van der Waals surface area contributed by atoms with E-state index < -0.39 is 5.41 Å². The van der Waals surface area contributed by atoms with E-state index in [9.17, 15) is 0 Å². The number of benzene rings is 6. The fourth-order valence-corrected chi connectivity index (χ4v) is 7.62. The Morgan fingerprint density at radius 3 is 1.59 bits per heavy atom. The van der Waals surface area contributed by atoms with Crippen LogP contribution in [0.3, 0.4) is 0 Å². The second-order valence-corrected chi connectivity index (χ2v) is 12.4. The molecule has 3 heteroatoms. The van der Waals surface area contributed by atoms with Gasteiger partial charge in [-0.3, -0.25) is 4.98 Å². The smallest absolute Gasteiger partial charge is 0.0936 e. The lowest BCUT2D eigenvalue weighted by Gasteiger charge is -2.33. The van der Waals surface area contributed by atoms with Crippen molar-refractivity contribution in [3.05, 3.63) is 210 Å². The standard InChI is InChI=1S/C46H31N3/c1-4-14-34(15-5-1)45-37(22-13-31-47-45)32-25-27-33(28-26-32)42-29-30-43(49-48-42)39-21-12-24-41-44(39)38-20-10-11-23-40(38)46(41,35-16-6-2-7-17-35)36-18-8-3-9-19-36/h1-31H. The molecule has 8 aromatic rings. The van der Waals surface area contributed by atoms with Crippen LogP contribution >= 0.6 is 0 Å². The monoisotopic (exact) mass is 625 g/mol. The number of fused-ring (bicyclic) bond motifs is 3. The van der Waals surface area contributed by atoms with E-state index >= 15 is 0 Å². The first-order valence-electron chi connectivity index (χ1n) is 16.6. The fourth-order valence-electron chi connectivity index (χ4n) is 7.62. The van der Waals surface area contributed by atoms with Gasteiger partial charge in [-0.05, 0) is 57.1 Å². The molecule has 1 aliphatic carbocycles. The fraction of sp³-hybridized carbons (Fsp3) is 0.0217. The summed E-state index contributed by atoms with van der Waals surface area (Å²) in [6.45, 7) is 0. The first kappa shape index (κ1) is 28.7. The molecule has 0 amide bonds. The van der Waals surface area contributed by atoms with E-state index in [1.807, 2.05) is 30.5 Å². The molecule has 0 saturated heterocycles. The van der Waals surface area contributed by atoms with Crippen LogP contribution < -0.4 is 0 Å². The van der Waals surface area contributed by atoms with Gasteiger partial charge in [0, 0.05) is 28.5 Å². The van der Waals surface area contributed by atoms with Crippen molar-refractivity contribution < 1.29 is 0 Å². The van der Waals surface area contributed by atoms with Gasteiger partial charge in [-0.2, -0.15) is 0 Å². The predicted octanol–water partition coefficient (Wildman–Crippen LogP) is 10.9. The van der Waals surface area contributed by atoms with Gasteiger partial charge in [0.15, 0.2) is 0 Å². The third-order valence-corrected chi connectivity index (χ3v) is 9.77. The molecule has 9 rings (SSSR count). The van der Waals surface area contributed by atoms with E-state index in [2.05, 4.69) is 158 Å². The first-order chi connectivity index (χ1) is 24.3. The van der Waals surface area contributed by atoms with Gasteiger partial charge in [0.05, 0.1) is 22.5 Å². The van der Waals surface area contributed by atoms with E-state index in [0.717, 1.165) is 44.9 Å². The molecule has 0 radical (unpaired) electrons. The van der Waals surface area contributed by atoms with Gasteiger partial charge in [0.25, 0.3) is 0 Å². The molecule has 2 heterocycles. The van der Waals surface area contributed by atoms with Gasteiger partial charge < -0.3 is 0 Å². The maximum absolute atomic E-state index is 4.84. The molecule has 0 bridgehead atoms. The molecule has 230 valence electrons. The van der Waals surface area contributed by atoms with Gasteiger partial charge in [-0.1, -0.05) is 164 Å². The Morgan fingerprint density at radius 1 is 0.347 bits per heavy atom. The zero-order valence-corrected chi connectivity index (χ0v) is 26.7. The summed E-state index contributed by atoms with van der Waals surface area (Å²) in [7, 11) is 0. The van der Waals surface area contributed by atoms with Crippen LogP contribution in [0.4, 0.5) is 0 Å². The molecule has 6 aromatic carbocycles. The zero-order valence-electron chi connectivity index (χ0n) is 26.7. The first-order valence-corrected chi connectivity index (χ1v) is 16.6. The molecule has 0 saturated carbocycles. The molecule has 49 heavy (non-hydrogen) atoms. The largest absolute Gasteiger partial charge is 0.256 e. The Bertz CT molecular complexity index is 2360. The Morgan fingerprint density at radius 2 is 0.898 bits per heavy atom. The molecular formula is C46H31N3. The van der Waals surface area contributed by atoms with Gasteiger partial charge in [0.2, 0.25) is 0 Å². The molecule has 2 aromatic heterocycles. The van der Waals surface area contributed by atoms with Crippen LogP contribution in [0.2, 0.25) is 0 Å². The number of rotatable bonds is 6. The molecule has 0 aliphatic heterocycles. The van der Waals surface area contributed by atoms with Crippen LogP contribution in [0.1, 0.15) is 22.3 Å². The van der Waals surface area contributed by atoms with Crippen molar-refractivity contribution >= 4 is 0 Å². The van der Waals surface area contributed by atoms with Crippen molar-refractivity contribution in [2.24, 2.45) is 0 Å². The number of nitrogens with zero attached hydrogens (tertiary/aromatic N) is 3. The van der Waals surface area contributed by atoms with Crippen molar-refractivity contribution in [1.82, 2.24) is 15.2 Å². The minimum atomic E-state index is -0.450. The summed E-state index contributed by atoms with van der Waals surface area (Å²) in [5.74, 6) is 0. The normalized spacial score (nSPS) is 12.7. The molecule has 0 atom stereocenters. The number of hydrogen-bond acceptors (Lipinski definition) is 3. The lowest BCUT2D eigenvalue weighted by Crippen LogP contribution is -2.28. The highest BCUT2D eigenvalue weighted by molar-refractivity contribution is 5.94. The van der Waals surface area contributed by atoms with Crippen molar-refractivity contribution in [3.8, 4) is 56.0 Å². The number of hydrogen-bond donors (Lipinski definition) is 0. The number of pyridine rings is 1. The highest BCUT2D eigenvalue weighted by atomic mass is 15.1. The number of aromatic nitrogens is 3.